The summed E-state index contributed by atoms with van der Waals surface area (Å²) in [4.78, 5) is 18.7. The van der Waals surface area contributed by atoms with Crippen LogP contribution >= 0.6 is 0 Å². The van der Waals surface area contributed by atoms with E-state index in [0.717, 1.165) is 36.3 Å². The molecule has 2 heterocycles. The third kappa shape index (κ3) is 4.82. The van der Waals surface area contributed by atoms with Gasteiger partial charge in [0, 0.05) is 31.6 Å². The van der Waals surface area contributed by atoms with Crippen LogP contribution in [-0.2, 0) is 11.2 Å². The Bertz CT molecular complexity index is 471. The highest BCUT2D eigenvalue weighted by Gasteiger charge is 2.20. The number of Topliss-reactive ketones (excluding diaryl/α,β-unsaturated/α-hetero) is 1. The number of carbonyl (C=O) groups excluding carboxylic acids is 1. The van der Waals surface area contributed by atoms with E-state index in [1.165, 1.54) is 19.3 Å². The molecule has 22 heavy (non-hydrogen) atoms. The van der Waals surface area contributed by atoms with Crippen molar-refractivity contribution < 1.29 is 4.79 Å². The summed E-state index contributed by atoms with van der Waals surface area (Å²) in [6.45, 7) is 10.7. The van der Waals surface area contributed by atoms with Gasteiger partial charge in [-0.3, -0.25) is 4.79 Å². The number of rotatable bonds is 6. The van der Waals surface area contributed by atoms with Crippen molar-refractivity contribution in [2.24, 2.45) is 17.8 Å². The summed E-state index contributed by atoms with van der Waals surface area (Å²) in [5.41, 5.74) is 1.03. The second-order valence-corrected chi connectivity index (χ2v) is 7.38. The molecule has 3 heteroatoms. The molecule has 0 amide bonds. The summed E-state index contributed by atoms with van der Waals surface area (Å²) >= 11 is 0. The van der Waals surface area contributed by atoms with Gasteiger partial charge in [0.05, 0.1) is 0 Å². The van der Waals surface area contributed by atoms with E-state index in [1.54, 1.807) is 0 Å². The van der Waals surface area contributed by atoms with Crippen LogP contribution in [0.2, 0.25) is 0 Å². The van der Waals surface area contributed by atoms with Gasteiger partial charge in [-0.2, -0.15) is 0 Å². The van der Waals surface area contributed by atoms with Crippen LogP contribution < -0.4 is 4.90 Å². The molecule has 1 saturated heterocycles. The largest absolute Gasteiger partial charge is 0.357 e. The highest BCUT2D eigenvalue weighted by molar-refractivity contribution is 5.82. The first kappa shape index (κ1) is 17.0. The van der Waals surface area contributed by atoms with Crippen LogP contribution in [0, 0.1) is 17.8 Å². The lowest BCUT2D eigenvalue weighted by molar-refractivity contribution is -0.121. The number of carbonyl (C=O) groups is 1. The van der Waals surface area contributed by atoms with E-state index in [9.17, 15) is 4.79 Å². The van der Waals surface area contributed by atoms with E-state index in [-0.39, 0.29) is 11.7 Å². The van der Waals surface area contributed by atoms with Crippen molar-refractivity contribution in [1.29, 1.82) is 0 Å². The van der Waals surface area contributed by atoms with Gasteiger partial charge in [0.25, 0.3) is 0 Å². The highest BCUT2D eigenvalue weighted by atomic mass is 16.1. The maximum absolute atomic E-state index is 11.8. The zero-order valence-electron chi connectivity index (χ0n) is 14.5. The number of ketones is 1. The molecule has 3 nitrogen and oxygen atoms in total. The molecule has 0 aliphatic carbocycles. The van der Waals surface area contributed by atoms with Crippen molar-refractivity contribution in [3.63, 3.8) is 0 Å². The lowest BCUT2D eigenvalue weighted by Gasteiger charge is -2.33. The number of pyridine rings is 1. The predicted molar refractivity (Wildman–Crippen MR) is 92.2 cm³/mol. The Labute approximate surface area is 135 Å². The van der Waals surface area contributed by atoms with Gasteiger partial charge in [0.1, 0.15) is 11.6 Å². The minimum absolute atomic E-state index is 0.0969. The van der Waals surface area contributed by atoms with E-state index in [4.69, 9.17) is 0 Å². The average Bonchev–Trinajstić information content (AvgIpc) is 2.48. The quantitative estimate of drug-likeness (QED) is 0.793. The summed E-state index contributed by atoms with van der Waals surface area (Å²) in [6.07, 6.45) is 6.26. The van der Waals surface area contributed by atoms with Gasteiger partial charge in [-0.15, -0.1) is 0 Å². The molecular weight excluding hydrogens is 272 g/mol. The fourth-order valence-electron chi connectivity index (χ4n) is 3.18. The van der Waals surface area contributed by atoms with Gasteiger partial charge in [0.2, 0.25) is 0 Å². The van der Waals surface area contributed by atoms with Crippen molar-refractivity contribution in [2.45, 2.75) is 53.4 Å². The first-order chi connectivity index (χ1) is 10.5. The molecule has 0 unspecified atom stereocenters. The van der Waals surface area contributed by atoms with Gasteiger partial charge in [-0.05, 0) is 42.7 Å². The molecule has 0 aromatic carbocycles. The number of hydrogen-bond acceptors (Lipinski definition) is 3. The average molecular weight is 302 g/mol. The van der Waals surface area contributed by atoms with Crippen molar-refractivity contribution in [3.8, 4) is 0 Å². The van der Waals surface area contributed by atoms with Crippen molar-refractivity contribution in [1.82, 2.24) is 4.98 Å². The van der Waals surface area contributed by atoms with E-state index >= 15 is 0 Å². The van der Waals surface area contributed by atoms with Crippen molar-refractivity contribution in [3.05, 3.63) is 23.9 Å². The molecule has 1 aromatic rings. The molecule has 1 fully saturated rings. The molecule has 0 N–H and O–H groups in total. The maximum Gasteiger partial charge on any atom is 0.139 e. The number of piperidine rings is 1. The zero-order chi connectivity index (χ0) is 16.1. The van der Waals surface area contributed by atoms with Gasteiger partial charge in [0.15, 0.2) is 0 Å². The lowest BCUT2D eigenvalue weighted by atomic mass is 9.88. The topological polar surface area (TPSA) is 33.2 Å². The minimum atomic E-state index is 0.0969. The van der Waals surface area contributed by atoms with E-state index in [1.807, 2.05) is 20.0 Å². The van der Waals surface area contributed by atoms with Crippen LogP contribution in [0.4, 0.5) is 5.82 Å². The molecule has 0 spiro atoms. The molecule has 1 aromatic heterocycles. The van der Waals surface area contributed by atoms with Crippen LogP contribution in [0.3, 0.4) is 0 Å². The van der Waals surface area contributed by atoms with Crippen molar-refractivity contribution >= 4 is 11.6 Å². The van der Waals surface area contributed by atoms with E-state index < -0.39 is 0 Å². The van der Waals surface area contributed by atoms with E-state index in [2.05, 4.69) is 35.9 Å². The van der Waals surface area contributed by atoms with Crippen LogP contribution in [0.15, 0.2) is 18.3 Å². The Morgan fingerprint density at radius 3 is 2.41 bits per heavy atom. The Balaban J connectivity index is 1.88. The second kappa shape index (κ2) is 7.75. The molecule has 0 saturated carbocycles. The molecule has 1 aliphatic heterocycles. The van der Waals surface area contributed by atoms with Gasteiger partial charge < -0.3 is 4.90 Å². The molecule has 2 rings (SSSR count). The monoisotopic (exact) mass is 302 g/mol. The van der Waals surface area contributed by atoms with Crippen LogP contribution in [-0.4, -0.2) is 23.9 Å². The normalized spacial score (nSPS) is 16.5. The third-order valence-electron chi connectivity index (χ3n) is 4.57. The smallest absolute Gasteiger partial charge is 0.139 e. The third-order valence-corrected chi connectivity index (χ3v) is 4.57. The van der Waals surface area contributed by atoms with Crippen LogP contribution in [0.5, 0.6) is 0 Å². The summed E-state index contributed by atoms with van der Waals surface area (Å²) in [5, 5.41) is 0. The fourth-order valence-corrected chi connectivity index (χ4v) is 3.18. The molecule has 1 aliphatic rings. The SMILES string of the molecule is CC(C)CC1CCN(c2ccc(CC(=O)C(C)C)cn2)CC1. The lowest BCUT2D eigenvalue weighted by Crippen LogP contribution is -2.34. The molecule has 0 atom stereocenters. The molecule has 0 radical (unpaired) electrons. The Hall–Kier alpha value is -1.38. The molecule has 122 valence electrons. The predicted octanol–water partition coefficient (Wildman–Crippen LogP) is 4.11. The zero-order valence-corrected chi connectivity index (χ0v) is 14.5. The Kier molecular flexibility index (Phi) is 5.98. The molecule has 0 bridgehead atoms. The van der Waals surface area contributed by atoms with E-state index in [0.29, 0.717) is 6.42 Å². The van der Waals surface area contributed by atoms with Crippen LogP contribution in [0.25, 0.3) is 0 Å². The summed E-state index contributed by atoms with van der Waals surface area (Å²) in [7, 11) is 0. The number of anilines is 1. The summed E-state index contributed by atoms with van der Waals surface area (Å²) in [5.74, 6) is 3.11. The minimum Gasteiger partial charge on any atom is -0.357 e. The van der Waals surface area contributed by atoms with Crippen molar-refractivity contribution in [2.75, 3.05) is 18.0 Å². The maximum atomic E-state index is 11.8. The molecular formula is C19H30N2O. The Morgan fingerprint density at radius 2 is 1.91 bits per heavy atom. The number of aromatic nitrogens is 1. The van der Waals surface area contributed by atoms with Gasteiger partial charge >= 0.3 is 0 Å². The Morgan fingerprint density at radius 1 is 1.23 bits per heavy atom. The standard InChI is InChI=1S/C19H30N2O/c1-14(2)11-16-7-9-21(10-8-16)19-6-5-17(13-20-19)12-18(22)15(3)4/h5-6,13-16H,7-12H2,1-4H3. The number of nitrogens with zero attached hydrogens (tertiary/aromatic N) is 2. The number of hydrogen-bond donors (Lipinski definition) is 0. The second-order valence-electron chi connectivity index (χ2n) is 7.38. The summed E-state index contributed by atoms with van der Waals surface area (Å²) in [6, 6.07) is 4.13. The summed E-state index contributed by atoms with van der Waals surface area (Å²) < 4.78 is 0. The highest BCUT2D eigenvalue weighted by Crippen LogP contribution is 2.26. The van der Waals surface area contributed by atoms with Gasteiger partial charge in [-0.25, -0.2) is 4.98 Å². The first-order valence-electron chi connectivity index (χ1n) is 8.68. The fraction of sp³-hybridized carbons (Fsp3) is 0.684. The first-order valence-corrected chi connectivity index (χ1v) is 8.68. The van der Waals surface area contributed by atoms with Crippen LogP contribution in [0.1, 0.15) is 52.5 Å². The van der Waals surface area contributed by atoms with Gasteiger partial charge in [-0.1, -0.05) is 33.8 Å².